The number of aromatic nitrogens is 4. The molecule has 0 aliphatic carbocycles. The molecule has 0 amide bonds. The Hall–Kier alpha value is -2.22. The molecule has 24 heavy (non-hydrogen) atoms. The van der Waals surface area contributed by atoms with Crippen LogP contribution in [0.25, 0.3) is 0 Å². The summed E-state index contributed by atoms with van der Waals surface area (Å²) in [5.74, 6) is 0.400. The average molecular weight is 392 g/mol. The van der Waals surface area contributed by atoms with Crippen LogP contribution in [-0.2, 0) is 9.53 Å². The van der Waals surface area contributed by atoms with E-state index in [1.54, 1.807) is 4.68 Å². The van der Waals surface area contributed by atoms with Crippen molar-refractivity contribution in [2.24, 2.45) is 5.92 Å². The molecular weight excluding hydrogens is 374 g/mol. The van der Waals surface area contributed by atoms with Gasteiger partial charge in [0.25, 0.3) is 0 Å². The molecule has 0 saturated carbocycles. The highest BCUT2D eigenvalue weighted by atomic mass is 79.9. The van der Waals surface area contributed by atoms with Gasteiger partial charge in [0.15, 0.2) is 0 Å². The van der Waals surface area contributed by atoms with Crippen LogP contribution in [0.15, 0.2) is 40.0 Å². The van der Waals surface area contributed by atoms with Gasteiger partial charge >= 0.3 is 5.97 Å². The van der Waals surface area contributed by atoms with Gasteiger partial charge in [0, 0.05) is 10.2 Å². The Kier molecular flexibility index (Phi) is 4.66. The number of ether oxygens (including phenoxy) is 1. The molecule has 1 aliphatic rings. The maximum Gasteiger partial charge on any atom is 0.338 e. The molecule has 0 bridgehead atoms. The highest BCUT2D eigenvalue weighted by Gasteiger charge is 2.35. The fourth-order valence-electron chi connectivity index (χ4n) is 2.58. The molecule has 7 nitrogen and oxygen atoms in total. The minimum atomic E-state index is -0.437. The summed E-state index contributed by atoms with van der Waals surface area (Å²) in [6, 6.07) is 7.30. The average Bonchev–Trinajstić information content (AvgIpc) is 2.99. The first-order valence-electron chi connectivity index (χ1n) is 7.65. The summed E-state index contributed by atoms with van der Waals surface area (Å²) >= 11 is 3.47. The first kappa shape index (κ1) is 16.6. The van der Waals surface area contributed by atoms with Gasteiger partial charge in [-0.1, -0.05) is 47.0 Å². The molecule has 0 spiro atoms. The number of anilines is 1. The SMILES string of the molecule is CC1=C(C(=O)OCC(C)C)C(c2cccc(Br)c2)n2nnnc2N1. The molecule has 1 aliphatic heterocycles. The van der Waals surface area contributed by atoms with Crippen molar-refractivity contribution in [3.05, 3.63) is 45.6 Å². The highest BCUT2D eigenvalue weighted by Crippen LogP contribution is 2.35. The van der Waals surface area contributed by atoms with E-state index in [1.807, 2.05) is 45.0 Å². The Morgan fingerprint density at radius 1 is 1.46 bits per heavy atom. The lowest BCUT2D eigenvalue weighted by molar-refractivity contribution is -0.140. The number of benzene rings is 1. The van der Waals surface area contributed by atoms with Crippen molar-refractivity contribution in [3.63, 3.8) is 0 Å². The van der Waals surface area contributed by atoms with Crippen LogP contribution in [0.2, 0.25) is 0 Å². The van der Waals surface area contributed by atoms with Gasteiger partial charge in [0.2, 0.25) is 5.95 Å². The minimum absolute atomic E-state index is 0.263. The summed E-state index contributed by atoms with van der Waals surface area (Å²) in [5, 5.41) is 14.8. The van der Waals surface area contributed by atoms with E-state index < -0.39 is 6.04 Å². The molecule has 1 unspecified atom stereocenters. The van der Waals surface area contributed by atoms with Crippen molar-refractivity contribution in [2.75, 3.05) is 11.9 Å². The van der Waals surface area contributed by atoms with Crippen LogP contribution in [0.5, 0.6) is 0 Å². The van der Waals surface area contributed by atoms with Crippen molar-refractivity contribution in [2.45, 2.75) is 26.8 Å². The predicted molar refractivity (Wildman–Crippen MR) is 92.2 cm³/mol. The Balaban J connectivity index is 2.05. The van der Waals surface area contributed by atoms with Crippen LogP contribution in [0, 0.1) is 5.92 Å². The number of carbonyl (C=O) groups excluding carboxylic acids is 1. The van der Waals surface area contributed by atoms with Crippen LogP contribution >= 0.6 is 15.9 Å². The van der Waals surface area contributed by atoms with Crippen molar-refractivity contribution in [1.29, 1.82) is 0 Å². The van der Waals surface area contributed by atoms with Gasteiger partial charge in [-0.2, -0.15) is 4.68 Å². The second-order valence-corrected chi connectivity index (χ2v) is 6.98. The van der Waals surface area contributed by atoms with Gasteiger partial charge in [-0.15, -0.1) is 0 Å². The number of hydrogen-bond donors (Lipinski definition) is 1. The van der Waals surface area contributed by atoms with E-state index in [4.69, 9.17) is 4.74 Å². The van der Waals surface area contributed by atoms with Gasteiger partial charge in [-0.25, -0.2) is 4.79 Å². The summed E-state index contributed by atoms with van der Waals surface area (Å²) in [5.41, 5.74) is 2.10. The Labute approximate surface area is 148 Å². The first-order chi connectivity index (χ1) is 11.5. The van der Waals surface area contributed by atoms with Crippen LogP contribution in [-0.4, -0.2) is 32.8 Å². The molecule has 0 saturated heterocycles. The second kappa shape index (κ2) is 6.72. The third-order valence-corrected chi connectivity index (χ3v) is 4.14. The van der Waals surface area contributed by atoms with Crippen LogP contribution in [0.4, 0.5) is 5.95 Å². The number of carbonyl (C=O) groups is 1. The minimum Gasteiger partial charge on any atom is -0.462 e. The number of nitrogens with one attached hydrogen (secondary N) is 1. The third kappa shape index (κ3) is 3.19. The molecule has 0 fully saturated rings. The number of allylic oxidation sites excluding steroid dienone is 1. The van der Waals surface area contributed by atoms with Gasteiger partial charge in [-0.3, -0.25) is 0 Å². The molecule has 1 aromatic carbocycles. The van der Waals surface area contributed by atoms with E-state index in [1.165, 1.54) is 0 Å². The molecule has 1 aromatic heterocycles. The van der Waals surface area contributed by atoms with E-state index >= 15 is 0 Å². The van der Waals surface area contributed by atoms with Crippen molar-refractivity contribution in [3.8, 4) is 0 Å². The molecule has 126 valence electrons. The zero-order valence-electron chi connectivity index (χ0n) is 13.7. The topological polar surface area (TPSA) is 81.9 Å². The fourth-order valence-corrected chi connectivity index (χ4v) is 3.00. The Morgan fingerprint density at radius 2 is 2.25 bits per heavy atom. The third-order valence-electron chi connectivity index (χ3n) is 3.65. The number of halogens is 1. The van der Waals surface area contributed by atoms with Gasteiger partial charge in [0.05, 0.1) is 12.2 Å². The molecule has 0 radical (unpaired) electrons. The van der Waals surface area contributed by atoms with Gasteiger partial charge in [-0.05, 0) is 41.0 Å². The van der Waals surface area contributed by atoms with Crippen LogP contribution in [0.3, 0.4) is 0 Å². The number of esters is 1. The summed E-state index contributed by atoms with van der Waals surface area (Å²) in [7, 11) is 0. The Bertz CT molecular complexity index is 799. The molecule has 2 aromatic rings. The zero-order valence-corrected chi connectivity index (χ0v) is 15.2. The molecule has 1 atom stereocenters. The predicted octanol–water partition coefficient (Wildman–Crippen LogP) is 2.92. The number of tetrazole rings is 1. The lowest BCUT2D eigenvalue weighted by atomic mass is 9.96. The van der Waals surface area contributed by atoms with Crippen molar-refractivity contribution in [1.82, 2.24) is 20.2 Å². The number of nitrogens with zero attached hydrogens (tertiary/aromatic N) is 4. The lowest BCUT2D eigenvalue weighted by Gasteiger charge is -2.27. The van der Waals surface area contributed by atoms with E-state index in [2.05, 4.69) is 36.8 Å². The summed E-state index contributed by atoms with van der Waals surface area (Å²) < 4.78 is 7.97. The molecule has 2 heterocycles. The summed E-state index contributed by atoms with van der Waals surface area (Å²) in [4.78, 5) is 12.7. The van der Waals surface area contributed by atoms with Crippen LogP contribution in [0.1, 0.15) is 32.4 Å². The number of hydrogen-bond acceptors (Lipinski definition) is 6. The smallest absolute Gasteiger partial charge is 0.338 e. The number of fused-ring (bicyclic) bond motifs is 1. The second-order valence-electron chi connectivity index (χ2n) is 6.06. The van der Waals surface area contributed by atoms with Crippen molar-refractivity contribution >= 4 is 27.8 Å². The first-order valence-corrected chi connectivity index (χ1v) is 8.45. The Morgan fingerprint density at radius 3 is 2.96 bits per heavy atom. The number of rotatable bonds is 4. The van der Waals surface area contributed by atoms with E-state index in [0.717, 1.165) is 10.0 Å². The standard InChI is InChI=1S/C16H18BrN5O2/c1-9(2)8-24-15(23)13-10(3)18-16-19-20-21-22(16)14(13)11-5-4-6-12(17)7-11/h4-7,9,14H,8H2,1-3H3,(H,18,19,21). The summed E-state index contributed by atoms with van der Waals surface area (Å²) in [6.07, 6.45) is 0. The quantitative estimate of drug-likeness (QED) is 0.806. The lowest BCUT2D eigenvalue weighted by Crippen LogP contribution is -2.30. The summed E-state index contributed by atoms with van der Waals surface area (Å²) in [6.45, 7) is 6.19. The molecule has 8 heteroatoms. The maximum atomic E-state index is 12.7. The van der Waals surface area contributed by atoms with E-state index in [9.17, 15) is 4.79 Å². The van der Waals surface area contributed by atoms with Crippen molar-refractivity contribution < 1.29 is 9.53 Å². The van der Waals surface area contributed by atoms with Gasteiger partial charge < -0.3 is 10.1 Å². The van der Waals surface area contributed by atoms with Gasteiger partial charge in [0.1, 0.15) is 6.04 Å². The molecule has 3 rings (SSSR count). The highest BCUT2D eigenvalue weighted by molar-refractivity contribution is 9.10. The van der Waals surface area contributed by atoms with Crippen LogP contribution < -0.4 is 5.32 Å². The molecule has 1 N–H and O–H groups in total. The van der Waals surface area contributed by atoms with E-state index in [0.29, 0.717) is 23.8 Å². The monoisotopic (exact) mass is 391 g/mol. The largest absolute Gasteiger partial charge is 0.462 e. The molecular formula is C16H18BrN5O2. The van der Waals surface area contributed by atoms with E-state index in [-0.39, 0.29) is 11.9 Å². The zero-order chi connectivity index (χ0) is 17.3. The normalized spacial score (nSPS) is 16.8. The maximum absolute atomic E-state index is 12.7. The fraction of sp³-hybridized carbons (Fsp3) is 0.375.